The molecule has 1 aromatic carbocycles. The summed E-state index contributed by atoms with van der Waals surface area (Å²) in [5, 5.41) is 16.8. The van der Waals surface area contributed by atoms with Crippen LogP contribution in [0, 0.1) is 11.3 Å². The van der Waals surface area contributed by atoms with Crippen LogP contribution in [0.25, 0.3) is 0 Å². The number of likely N-dealkylation sites (tertiary alicyclic amines) is 1. The first kappa shape index (κ1) is 31.2. The Hall–Kier alpha value is -4.13. The van der Waals surface area contributed by atoms with E-state index in [9.17, 15) is 23.2 Å². The van der Waals surface area contributed by atoms with Crippen LogP contribution in [0.5, 0.6) is 0 Å². The smallest absolute Gasteiger partial charge is 0.276 e. The number of halogens is 2. The number of carbonyl (C=O) groups is 3. The summed E-state index contributed by atoms with van der Waals surface area (Å²) in [5.74, 6) is -4.27. The average Bonchev–Trinajstić information content (AvgIpc) is 3.73. The third kappa shape index (κ3) is 5.39. The molecule has 1 saturated carbocycles. The van der Waals surface area contributed by atoms with Crippen LogP contribution in [0.4, 0.5) is 20.2 Å². The largest absolute Gasteiger partial charge is 0.372 e. The van der Waals surface area contributed by atoms with Gasteiger partial charge in [-0.25, -0.2) is 8.78 Å². The first-order valence-electron chi connectivity index (χ1n) is 17.3. The number of aromatic amines is 1. The minimum Gasteiger partial charge on any atom is -0.372 e. The number of rotatable bonds is 7. The molecule has 11 nitrogen and oxygen atoms in total. The van der Waals surface area contributed by atoms with Crippen molar-refractivity contribution < 1.29 is 23.2 Å². The fourth-order valence-electron chi connectivity index (χ4n) is 8.76. The highest BCUT2D eigenvalue weighted by molar-refractivity contribution is 6.04. The molecule has 6 aliphatic rings. The SMILES string of the molecule is C[C@@]12Cc3[nH]nc(C(=O)Nc4cnn(C5CCN(CC6CCN(c7ccc(C8CCC(=O)NC8=O)cc7)CC6)CC5)c4)c3[C@@H](C1)C2(F)F. The normalized spacial score (nSPS) is 27.7. The molecule has 3 aliphatic carbocycles. The minimum atomic E-state index is -2.83. The average molecular weight is 661 g/mol. The number of piperidine rings is 3. The predicted octanol–water partition coefficient (Wildman–Crippen LogP) is 4.62. The van der Waals surface area contributed by atoms with Crippen molar-refractivity contribution in [1.82, 2.24) is 30.2 Å². The zero-order valence-electron chi connectivity index (χ0n) is 27.2. The second-order valence-corrected chi connectivity index (χ2v) is 14.8. The third-order valence-electron chi connectivity index (χ3n) is 11.7. The van der Waals surface area contributed by atoms with Crippen LogP contribution >= 0.6 is 0 Å². The van der Waals surface area contributed by atoms with Crippen LogP contribution in [0.1, 0.15) is 97.1 Å². The summed E-state index contributed by atoms with van der Waals surface area (Å²) in [7, 11) is 0. The number of nitrogens with zero attached hydrogens (tertiary/aromatic N) is 5. The highest BCUT2D eigenvalue weighted by Crippen LogP contribution is 2.67. The van der Waals surface area contributed by atoms with Crippen molar-refractivity contribution >= 4 is 29.1 Å². The van der Waals surface area contributed by atoms with Gasteiger partial charge < -0.3 is 15.1 Å². The quantitative estimate of drug-likeness (QED) is 0.316. The third-order valence-corrected chi connectivity index (χ3v) is 11.7. The van der Waals surface area contributed by atoms with Gasteiger partial charge in [-0.1, -0.05) is 19.1 Å². The molecule has 2 bridgehead atoms. The maximum Gasteiger partial charge on any atom is 0.276 e. The summed E-state index contributed by atoms with van der Waals surface area (Å²) in [5.41, 5.74) is 2.70. The lowest BCUT2D eigenvalue weighted by Gasteiger charge is -2.56. The van der Waals surface area contributed by atoms with Gasteiger partial charge in [0.25, 0.3) is 11.8 Å². The number of aromatic nitrogens is 4. The van der Waals surface area contributed by atoms with Gasteiger partial charge in [-0.15, -0.1) is 0 Å². The van der Waals surface area contributed by atoms with Crippen LogP contribution in [0.2, 0.25) is 0 Å². The summed E-state index contributed by atoms with van der Waals surface area (Å²) >= 11 is 0. The molecule has 0 spiro atoms. The van der Waals surface area contributed by atoms with Crippen molar-refractivity contribution in [3.05, 3.63) is 59.2 Å². The second kappa shape index (κ2) is 11.8. The number of hydrogen-bond donors (Lipinski definition) is 3. The van der Waals surface area contributed by atoms with Gasteiger partial charge in [0.1, 0.15) is 0 Å². The standard InChI is InChI=1S/C35H42F2N8O3/c1-34-16-27(35(34,36)37)30-28(17-34)41-42-31(30)33(48)39-23-18-38-45(20-23)25-10-12-43(13-11-25)19-21-8-14-44(15-9-21)24-4-2-22(3-5-24)26-6-7-29(46)40-32(26)47/h2-5,18,20-21,25-27H,6-17,19H2,1H3,(H,39,48)(H,41,42)(H,40,46,47)/t26?,27-,34+/m1/s1. The van der Waals surface area contributed by atoms with Crippen LogP contribution in [-0.4, -0.2) is 81.2 Å². The molecule has 4 fully saturated rings. The number of carbonyl (C=O) groups excluding carboxylic acids is 3. The van der Waals surface area contributed by atoms with E-state index in [0.717, 1.165) is 64.0 Å². The summed E-state index contributed by atoms with van der Waals surface area (Å²) in [6.45, 7) is 6.67. The summed E-state index contributed by atoms with van der Waals surface area (Å²) in [6.07, 6.45) is 9.17. The lowest BCUT2D eigenvalue weighted by molar-refractivity contribution is -0.221. The minimum absolute atomic E-state index is 0.0611. The van der Waals surface area contributed by atoms with E-state index in [4.69, 9.17) is 0 Å². The molecule has 13 heteroatoms. The Balaban J connectivity index is 0.792. The van der Waals surface area contributed by atoms with Crippen molar-refractivity contribution in [3.63, 3.8) is 0 Å². The van der Waals surface area contributed by atoms with Gasteiger partial charge in [0.2, 0.25) is 11.8 Å². The molecule has 3 aliphatic heterocycles. The molecule has 2 aromatic heterocycles. The molecule has 9 rings (SSSR count). The number of hydrogen-bond acceptors (Lipinski definition) is 7. The van der Waals surface area contributed by atoms with Crippen LogP contribution in [0.15, 0.2) is 36.7 Å². The number of nitrogens with one attached hydrogen (secondary N) is 3. The Morgan fingerprint density at radius 1 is 1.04 bits per heavy atom. The molecule has 0 radical (unpaired) electrons. The zero-order chi connectivity index (χ0) is 33.2. The van der Waals surface area contributed by atoms with Crippen molar-refractivity contribution in [3.8, 4) is 0 Å². The van der Waals surface area contributed by atoms with Gasteiger partial charge in [0.05, 0.1) is 29.8 Å². The monoisotopic (exact) mass is 660 g/mol. The Morgan fingerprint density at radius 2 is 1.79 bits per heavy atom. The molecule has 48 heavy (non-hydrogen) atoms. The molecule has 3 saturated heterocycles. The van der Waals surface area contributed by atoms with E-state index in [2.05, 4.69) is 47.9 Å². The van der Waals surface area contributed by atoms with Crippen LogP contribution in [-0.2, 0) is 16.0 Å². The van der Waals surface area contributed by atoms with Gasteiger partial charge in [-0.2, -0.15) is 10.2 Å². The molecule has 254 valence electrons. The Kier molecular flexibility index (Phi) is 7.65. The summed E-state index contributed by atoms with van der Waals surface area (Å²) in [6, 6.07) is 8.49. The highest BCUT2D eigenvalue weighted by atomic mass is 19.3. The predicted molar refractivity (Wildman–Crippen MR) is 174 cm³/mol. The molecule has 3 amide bonds. The van der Waals surface area contributed by atoms with E-state index in [1.165, 1.54) is 5.69 Å². The fourth-order valence-corrected chi connectivity index (χ4v) is 8.76. The van der Waals surface area contributed by atoms with E-state index >= 15 is 0 Å². The number of alkyl halides is 2. The van der Waals surface area contributed by atoms with E-state index in [-0.39, 0.29) is 35.9 Å². The lowest BCUT2D eigenvalue weighted by atomic mass is 9.51. The number of imide groups is 1. The van der Waals surface area contributed by atoms with E-state index in [0.29, 0.717) is 42.1 Å². The topological polar surface area (TPSA) is 128 Å². The molecule has 5 heterocycles. The Morgan fingerprint density at radius 3 is 2.50 bits per heavy atom. The molecular formula is C35H42F2N8O3. The summed E-state index contributed by atoms with van der Waals surface area (Å²) < 4.78 is 31.5. The maximum absolute atomic E-state index is 14.8. The second-order valence-electron chi connectivity index (χ2n) is 14.8. The maximum atomic E-state index is 14.8. The first-order valence-corrected chi connectivity index (χ1v) is 17.3. The molecule has 3 aromatic rings. The molecular weight excluding hydrogens is 618 g/mol. The summed E-state index contributed by atoms with van der Waals surface area (Å²) in [4.78, 5) is 41.8. The number of H-pyrrole nitrogens is 1. The fraction of sp³-hybridized carbons (Fsp3) is 0.571. The first-order chi connectivity index (χ1) is 23.1. The lowest BCUT2D eigenvalue weighted by Crippen LogP contribution is -2.59. The Bertz CT molecular complexity index is 1720. The van der Waals surface area contributed by atoms with Crippen molar-refractivity contribution in [2.45, 2.75) is 82.1 Å². The van der Waals surface area contributed by atoms with Gasteiger partial charge in [0.15, 0.2) is 5.69 Å². The number of benzene rings is 1. The van der Waals surface area contributed by atoms with E-state index in [1.807, 2.05) is 23.0 Å². The van der Waals surface area contributed by atoms with Crippen molar-refractivity contribution in [1.29, 1.82) is 0 Å². The zero-order valence-corrected chi connectivity index (χ0v) is 27.2. The van der Waals surface area contributed by atoms with Crippen molar-refractivity contribution in [2.24, 2.45) is 11.3 Å². The number of anilines is 2. The van der Waals surface area contributed by atoms with Gasteiger partial charge in [-0.05, 0) is 62.1 Å². The van der Waals surface area contributed by atoms with Crippen LogP contribution < -0.4 is 15.5 Å². The molecule has 3 N–H and O–H groups in total. The molecule has 3 atom stereocenters. The van der Waals surface area contributed by atoms with Crippen LogP contribution in [0.3, 0.4) is 0 Å². The van der Waals surface area contributed by atoms with E-state index in [1.54, 1.807) is 13.1 Å². The highest BCUT2D eigenvalue weighted by Gasteiger charge is 2.70. The van der Waals surface area contributed by atoms with Gasteiger partial charge in [0, 0.05) is 74.1 Å². The Labute approximate surface area is 277 Å². The van der Waals surface area contributed by atoms with E-state index < -0.39 is 23.2 Å². The number of amides is 3. The van der Waals surface area contributed by atoms with Crippen molar-refractivity contribution in [2.75, 3.05) is 42.9 Å². The molecule has 1 unspecified atom stereocenters. The van der Waals surface area contributed by atoms with Gasteiger partial charge >= 0.3 is 0 Å². The van der Waals surface area contributed by atoms with Gasteiger partial charge in [-0.3, -0.25) is 29.5 Å².